The molecule has 0 heterocycles. The molecule has 0 atom stereocenters. The Hall–Kier alpha value is -0.0400. The molecule has 0 aliphatic heterocycles. The van der Waals surface area contributed by atoms with E-state index in [9.17, 15) is 0 Å². The van der Waals surface area contributed by atoms with Gasteiger partial charge in [-0.2, -0.15) is 0 Å². The second kappa shape index (κ2) is 11.5. The van der Waals surface area contributed by atoms with E-state index in [2.05, 4.69) is 53.4 Å². The highest BCUT2D eigenvalue weighted by Gasteiger charge is 2.12. The Balaban J connectivity index is 3.44. The molecular weight excluding hydrogens is 266 g/mol. The molecule has 0 aliphatic carbocycles. The average molecular weight is 312 g/mol. The molecule has 0 aromatic heterocycles. The molecule has 0 aromatic carbocycles. The summed E-state index contributed by atoms with van der Waals surface area (Å²) in [5.74, 6) is 0. The highest BCUT2D eigenvalue weighted by Crippen LogP contribution is 2.22. The van der Waals surface area contributed by atoms with Crippen LogP contribution in [0.3, 0.4) is 0 Å². The zero-order valence-corrected chi connectivity index (χ0v) is 16.9. The first-order chi connectivity index (χ1) is 10.1. The van der Waals surface area contributed by atoms with Gasteiger partial charge in [0.1, 0.15) is 0 Å². The Bertz CT molecular complexity index is 244. The standard InChI is InChI=1S/C21H45N/c1-8-22(19-17-21(5,6)7)18-15-13-11-9-10-12-14-16-20(2,3)4/h8-19H2,1-7H3. The number of nitrogens with zero attached hydrogens (tertiary/aromatic N) is 1. The molecule has 0 bridgehead atoms. The predicted molar refractivity (Wildman–Crippen MR) is 103 cm³/mol. The van der Waals surface area contributed by atoms with Gasteiger partial charge in [0.15, 0.2) is 0 Å². The Morgan fingerprint density at radius 2 is 1.00 bits per heavy atom. The van der Waals surface area contributed by atoms with Gasteiger partial charge in [0.05, 0.1) is 0 Å². The van der Waals surface area contributed by atoms with Gasteiger partial charge in [-0.25, -0.2) is 0 Å². The van der Waals surface area contributed by atoms with E-state index in [1.807, 2.05) is 0 Å². The van der Waals surface area contributed by atoms with Crippen LogP contribution < -0.4 is 0 Å². The van der Waals surface area contributed by atoms with E-state index >= 15 is 0 Å². The highest BCUT2D eigenvalue weighted by atomic mass is 15.1. The van der Waals surface area contributed by atoms with Gasteiger partial charge in [0.2, 0.25) is 0 Å². The zero-order valence-electron chi connectivity index (χ0n) is 16.9. The Morgan fingerprint density at radius 1 is 0.545 bits per heavy atom. The van der Waals surface area contributed by atoms with Crippen LogP contribution in [0.15, 0.2) is 0 Å². The lowest BCUT2D eigenvalue weighted by Gasteiger charge is -2.25. The van der Waals surface area contributed by atoms with Gasteiger partial charge in [0, 0.05) is 0 Å². The zero-order chi connectivity index (χ0) is 17.1. The summed E-state index contributed by atoms with van der Waals surface area (Å²) in [4.78, 5) is 2.63. The minimum atomic E-state index is 0.473. The van der Waals surface area contributed by atoms with Gasteiger partial charge >= 0.3 is 0 Å². The molecule has 0 spiro atoms. The van der Waals surface area contributed by atoms with Crippen LogP contribution in [0, 0.1) is 10.8 Å². The van der Waals surface area contributed by atoms with Crippen LogP contribution in [0.2, 0.25) is 0 Å². The van der Waals surface area contributed by atoms with Gasteiger partial charge in [-0.3, -0.25) is 0 Å². The van der Waals surface area contributed by atoms with Crippen molar-refractivity contribution in [2.45, 2.75) is 106 Å². The van der Waals surface area contributed by atoms with Crippen molar-refractivity contribution in [1.29, 1.82) is 0 Å². The number of rotatable bonds is 12. The first-order valence-electron chi connectivity index (χ1n) is 9.86. The third kappa shape index (κ3) is 16.3. The smallest absolute Gasteiger partial charge is 0.00139 e. The van der Waals surface area contributed by atoms with Crippen molar-refractivity contribution < 1.29 is 0 Å². The third-order valence-electron chi connectivity index (χ3n) is 4.53. The van der Waals surface area contributed by atoms with Crippen LogP contribution in [-0.4, -0.2) is 24.5 Å². The van der Waals surface area contributed by atoms with Crippen LogP contribution in [0.5, 0.6) is 0 Å². The largest absolute Gasteiger partial charge is 0.304 e. The monoisotopic (exact) mass is 311 g/mol. The lowest BCUT2D eigenvalue weighted by Crippen LogP contribution is -2.28. The lowest BCUT2D eigenvalue weighted by atomic mass is 9.89. The maximum absolute atomic E-state index is 2.63. The molecule has 0 aromatic rings. The topological polar surface area (TPSA) is 3.24 Å². The van der Waals surface area contributed by atoms with Crippen LogP contribution >= 0.6 is 0 Å². The Labute approximate surface area is 142 Å². The molecule has 0 rings (SSSR count). The quantitative estimate of drug-likeness (QED) is 0.354. The van der Waals surface area contributed by atoms with E-state index in [0.717, 1.165) is 0 Å². The first kappa shape index (κ1) is 22.0. The molecule has 0 amide bonds. The summed E-state index contributed by atoms with van der Waals surface area (Å²) in [5, 5.41) is 0. The third-order valence-corrected chi connectivity index (χ3v) is 4.53. The summed E-state index contributed by atoms with van der Waals surface area (Å²) in [6, 6.07) is 0. The first-order valence-corrected chi connectivity index (χ1v) is 9.86. The highest BCUT2D eigenvalue weighted by molar-refractivity contribution is 4.66. The van der Waals surface area contributed by atoms with Gasteiger partial charge in [0.25, 0.3) is 0 Å². The van der Waals surface area contributed by atoms with E-state index in [4.69, 9.17) is 0 Å². The van der Waals surface area contributed by atoms with E-state index in [1.165, 1.54) is 77.4 Å². The molecule has 0 saturated heterocycles. The minimum Gasteiger partial charge on any atom is -0.304 e. The molecule has 22 heavy (non-hydrogen) atoms. The van der Waals surface area contributed by atoms with Gasteiger partial charge in [-0.1, -0.05) is 87.0 Å². The normalized spacial score (nSPS) is 13.1. The predicted octanol–water partition coefficient (Wildman–Crippen LogP) is 6.91. The average Bonchev–Trinajstić information content (AvgIpc) is 2.37. The number of hydrogen-bond donors (Lipinski definition) is 0. The summed E-state index contributed by atoms with van der Waals surface area (Å²) in [7, 11) is 0. The van der Waals surface area contributed by atoms with E-state index < -0.39 is 0 Å². The number of hydrogen-bond acceptors (Lipinski definition) is 1. The molecule has 0 fully saturated rings. The fraction of sp³-hybridized carbons (Fsp3) is 1.00. The molecule has 1 nitrogen and oxygen atoms in total. The molecule has 0 N–H and O–H groups in total. The SMILES string of the molecule is CCN(CCCCCCCCCC(C)(C)C)CCC(C)(C)C. The van der Waals surface area contributed by atoms with Crippen LogP contribution in [0.1, 0.15) is 106 Å². The van der Waals surface area contributed by atoms with Crippen LogP contribution in [0.25, 0.3) is 0 Å². The molecular formula is C21H45N. The van der Waals surface area contributed by atoms with E-state index in [1.54, 1.807) is 0 Å². The van der Waals surface area contributed by atoms with Crippen molar-refractivity contribution in [3.05, 3.63) is 0 Å². The second-order valence-electron chi connectivity index (χ2n) is 9.53. The Kier molecular flexibility index (Phi) is 11.5. The van der Waals surface area contributed by atoms with Crippen molar-refractivity contribution in [2.24, 2.45) is 10.8 Å². The molecule has 0 saturated carbocycles. The summed E-state index contributed by atoms with van der Waals surface area (Å²) < 4.78 is 0. The van der Waals surface area contributed by atoms with Crippen molar-refractivity contribution >= 4 is 0 Å². The van der Waals surface area contributed by atoms with Gasteiger partial charge in [-0.15, -0.1) is 0 Å². The molecule has 0 aliphatic rings. The fourth-order valence-electron chi connectivity index (χ4n) is 2.80. The maximum atomic E-state index is 2.63. The minimum absolute atomic E-state index is 0.473. The second-order valence-corrected chi connectivity index (χ2v) is 9.53. The van der Waals surface area contributed by atoms with Gasteiger partial charge < -0.3 is 4.90 Å². The van der Waals surface area contributed by atoms with E-state index in [-0.39, 0.29) is 0 Å². The fourth-order valence-corrected chi connectivity index (χ4v) is 2.80. The lowest BCUT2D eigenvalue weighted by molar-refractivity contribution is 0.232. The number of unbranched alkanes of at least 4 members (excludes halogenated alkanes) is 6. The van der Waals surface area contributed by atoms with Crippen molar-refractivity contribution in [3.63, 3.8) is 0 Å². The van der Waals surface area contributed by atoms with Gasteiger partial charge in [-0.05, 0) is 49.7 Å². The molecule has 1 heteroatoms. The van der Waals surface area contributed by atoms with Crippen LogP contribution in [-0.2, 0) is 0 Å². The summed E-state index contributed by atoms with van der Waals surface area (Å²) in [5.41, 5.74) is 0.997. The molecule has 0 radical (unpaired) electrons. The molecule has 0 unspecified atom stereocenters. The summed E-state index contributed by atoms with van der Waals surface area (Å²) >= 11 is 0. The molecule has 134 valence electrons. The maximum Gasteiger partial charge on any atom is -0.00139 e. The van der Waals surface area contributed by atoms with Crippen molar-refractivity contribution in [3.8, 4) is 0 Å². The summed E-state index contributed by atoms with van der Waals surface area (Å²) in [6.07, 6.45) is 12.7. The van der Waals surface area contributed by atoms with E-state index in [0.29, 0.717) is 10.8 Å². The van der Waals surface area contributed by atoms with Crippen molar-refractivity contribution in [2.75, 3.05) is 19.6 Å². The van der Waals surface area contributed by atoms with Crippen molar-refractivity contribution in [1.82, 2.24) is 4.90 Å². The summed E-state index contributed by atoms with van der Waals surface area (Å²) in [6.45, 7) is 20.2. The van der Waals surface area contributed by atoms with Crippen LogP contribution in [0.4, 0.5) is 0 Å². The Morgan fingerprint density at radius 3 is 1.45 bits per heavy atom.